The Balaban J connectivity index is 1.77. The molecule has 2 heterocycles. The van der Waals surface area contributed by atoms with Crippen molar-refractivity contribution in [3.8, 4) is 0 Å². The Morgan fingerprint density at radius 3 is 2.90 bits per heavy atom. The van der Waals surface area contributed by atoms with E-state index in [4.69, 9.17) is 25.1 Å². The molecule has 0 saturated carbocycles. The van der Waals surface area contributed by atoms with Crippen LogP contribution in [-0.2, 0) is 14.1 Å². The highest BCUT2D eigenvalue weighted by Gasteiger charge is 2.24. The van der Waals surface area contributed by atoms with Crippen molar-refractivity contribution >= 4 is 25.0 Å². The van der Waals surface area contributed by atoms with Crippen molar-refractivity contribution in [2.24, 2.45) is 0 Å². The molecule has 0 aliphatic carbocycles. The zero-order chi connectivity index (χ0) is 15.5. The minimum atomic E-state index is -4.14. The van der Waals surface area contributed by atoms with Crippen molar-refractivity contribution in [1.29, 1.82) is 0 Å². The molecule has 12 heteroatoms. The largest absolute Gasteiger partial charge is 0.369 e. The van der Waals surface area contributed by atoms with Crippen molar-refractivity contribution in [1.82, 2.24) is 9.97 Å². The second kappa shape index (κ2) is 6.41. The van der Waals surface area contributed by atoms with E-state index in [-0.39, 0.29) is 37.1 Å². The van der Waals surface area contributed by atoms with Crippen molar-refractivity contribution in [2.45, 2.75) is 6.42 Å². The van der Waals surface area contributed by atoms with E-state index < -0.39 is 13.9 Å². The third kappa shape index (κ3) is 4.41. The average molecular weight is 321 g/mol. The van der Waals surface area contributed by atoms with Crippen molar-refractivity contribution < 1.29 is 23.9 Å². The summed E-state index contributed by atoms with van der Waals surface area (Å²) in [6.45, 7) is 0.624. The fraction of sp³-hybridized carbons (Fsp3) is 0.556. The van der Waals surface area contributed by atoms with Gasteiger partial charge in [-0.3, -0.25) is 19.2 Å². The summed E-state index contributed by atoms with van der Waals surface area (Å²) < 4.78 is 15.3. The quantitative estimate of drug-likeness (QED) is 0.311. The molecule has 0 fully saturated rings. The average Bonchev–Trinajstić information content (AvgIpc) is 2.75. The molecule has 0 saturated heterocycles. The number of hydroxylamine groups is 1. The van der Waals surface area contributed by atoms with Crippen LogP contribution in [0.1, 0.15) is 6.42 Å². The Bertz CT molecular complexity index is 601. The molecule has 0 bridgehead atoms. The van der Waals surface area contributed by atoms with Crippen LogP contribution in [-0.4, -0.2) is 46.0 Å². The van der Waals surface area contributed by atoms with Gasteiger partial charge in [0, 0.05) is 6.61 Å². The van der Waals surface area contributed by atoms with E-state index in [0.29, 0.717) is 12.2 Å². The Hall–Kier alpha value is -1.65. The second-order valence-electron chi connectivity index (χ2n) is 4.25. The van der Waals surface area contributed by atoms with Gasteiger partial charge < -0.3 is 25.6 Å². The van der Waals surface area contributed by atoms with Gasteiger partial charge in [0.05, 0.1) is 6.61 Å². The molecule has 0 atom stereocenters. The second-order valence-corrected chi connectivity index (χ2v) is 5.84. The molecule has 0 unspecified atom stereocenters. The summed E-state index contributed by atoms with van der Waals surface area (Å²) in [5, 5.41) is 4.20. The molecule has 1 aliphatic heterocycles. The van der Waals surface area contributed by atoms with Crippen molar-refractivity contribution in [3.63, 3.8) is 0 Å². The topological polar surface area (TPSA) is 163 Å². The molecule has 0 spiro atoms. The predicted molar refractivity (Wildman–Crippen MR) is 73.7 cm³/mol. The Morgan fingerprint density at radius 2 is 2.19 bits per heavy atom. The number of hydrogen-bond donors (Lipinski definition) is 5. The number of nitrogens with one attached hydrogen (secondary N) is 2. The van der Waals surface area contributed by atoms with Crippen LogP contribution >= 0.6 is 7.60 Å². The lowest BCUT2D eigenvalue weighted by atomic mass is 10.5. The number of nitrogens with two attached hydrogens (primary N) is 1. The molecule has 0 aromatic carbocycles. The number of rotatable bonds is 7. The molecule has 118 valence electrons. The lowest BCUT2D eigenvalue weighted by Crippen LogP contribution is -2.25. The molecule has 1 aromatic rings. The van der Waals surface area contributed by atoms with Crippen LogP contribution in [0.25, 0.3) is 0 Å². The number of anilines is 3. The maximum absolute atomic E-state index is 11.6. The minimum absolute atomic E-state index is 0.0129. The van der Waals surface area contributed by atoms with Gasteiger partial charge in [0.25, 0.3) is 5.56 Å². The third-order valence-corrected chi connectivity index (χ3v) is 3.01. The van der Waals surface area contributed by atoms with Gasteiger partial charge in [0.2, 0.25) is 5.95 Å². The van der Waals surface area contributed by atoms with E-state index in [1.54, 1.807) is 0 Å². The summed E-state index contributed by atoms with van der Waals surface area (Å²) in [5.74, 6) is 0.286. The standard InChI is InChI=1S/C9H16N5O6P/c10-9-12-7-6(8(15)13-9)11-4-14(7)20-3-1-2-19-5-21(16,17)18/h11H,1-5H2,(H2,16,17,18)(H3,10,12,13,15). The lowest BCUT2D eigenvalue weighted by Gasteiger charge is -2.16. The van der Waals surface area contributed by atoms with Gasteiger partial charge in [-0.1, -0.05) is 0 Å². The van der Waals surface area contributed by atoms with Gasteiger partial charge in [-0.25, -0.2) is 5.06 Å². The predicted octanol–water partition coefficient (Wildman–Crippen LogP) is -0.985. The zero-order valence-electron chi connectivity index (χ0n) is 11.0. The number of aromatic amines is 1. The number of nitrogen functional groups attached to an aromatic ring is 1. The van der Waals surface area contributed by atoms with E-state index >= 15 is 0 Å². The zero-order valence-corrected chi connectivity index (χ0v) is 11.9. The van der Waals surface area contributed by atoms with Gasteiger partial charge in [-0.05, 0) is 6.42 Å². The van der Waals surface area contributed by atoms with E-state index in [0.717, 1.165) is 0 Å². The molecular formula is C9H16N5O6P. The van der Waals surface area contributed by atoms with Crippen LogP contribution in [0.2, 0.25) is 0 Å². The lowest BCUT2D eigenvalue weighted by molar-refractivity contribution is 0.0807. The number of H-pyrrole nitrogens is 1. The first kappa shape index (κ1) is 15.7. The SMILES string of the molecule is Nc1nc2c(c(=O)[nH]1)NCN2OCCCOCP(=O)(O)O. The normalized spacial score (nSPS) is 14.1. The smallest absolute Gasteiger partial charge is 0.350 e. The molecule has 2 rings (SSSR count). The summed E-state index contributed by atoms with van der Waals surface area (Å²) in [5.41, 5.74) is 5.36. The van der Waals surface area contributed by atoms with Crippen LogP contribution in [0.5, 0.6) is 0 Å². The Labute approximate surface area is 119 Å². The van der Waals surface area contributed by atoms with Crippen LogP contribution < -0.4 is 21.7 Å². The van der Waals surface area contributed by atoms with Crippen molar-refractivity contribution in [3.05, 3.63) is 10.4 Å². The fourth-order valence-electron chi connectivity index (χ4n) is 1.67. The Kier molecular flexibility index (Phi) is 4.80. The first-order chi connectivity index (χ1) is 9.87. The maximum Gasteiger partial charge on any atom is 0.350 e. The van der Waals surface area contributed by atoms with Crippen LogP contribution in [0.4, 0.5) is 17.5 Å². The first-order valence-corrected chi connectivity index (χ1v) is 7.83. The third-order valence-electron chi connectivity index (χ3n) is 2.49. The summed E-state index contributed by atoms with van der Waals surface area (Å²) in [6.07, 6.45) is -0.195. The number of ether oxygens (including phenoxy) is 1. The van der Waals surface area contributed by atoms with Gasteiger partial charge in [0.1, 0.15) is 18.7 Å². The minimum Gasteiger partial charge on any atom is -0.369 e. The maximum atomic E-state index is 11.6. The highest BCUT2D eigenvalue weighted by Crippen LogP contribution is 2.33. The molecular weight excluding hydrogens is 305 g/mol. The highest BCUT2D eigenvalue weighted by atomic mass is 31.2. The van der Waals surface area contributed by atoms with Gasteiger partial charge >= 0.3 is 7.60 Å². The summed E-state index contributed by atoms with van der Waals surface area (Å²) in [6, 6.07) is 0. The molecule has 0 radical (unpaired) electrons. The Morgan fingerprint density at radius 1 is 1.43 bits per heavy atom. The van der Waals surface area contributed by atoms with E-state index in [2.05, 4.69) is 15.3 Å². The fourth-order valence-corrected chi connectivity index (χ4v) is 2.04. The number of aromatic nitrogens is 2. The monoisotopic (exact) mass is 321 g/mol. The van der Waals surface area contributed by atoms with Crippen LogP contribution in [0.15, 0.2) is 4.79 Å². The van der Waals surface area contributed by atoms with Crippen LogP contribution in [0, 0.1) is 0 Å². The summed E-state index contributed by atoms with van der Waals surface area (Å²) >= 11 is 0. The number of nitrogens with zero attached hydrogens (tertiary/aromatic N) is 2. The van der Waals surface area contributed by atoms with Crippen LogP contribution in [0.3, 0.4) is 0 Å². The summed E-state index contributed by atoms with van der Waals surface area (Å²) in [7, 11) is -4.14. The number of fused-ring (bicyclic) bond motifs is 1. The van der Waals surface area contributed by atoms with Crippen molar-refractivity contribution in [2.75, 3.05) is 42.3 Å². The van der Waals surface area contributed by atoms with Gasteiger partial charge in [0.15, 0.2) is 5.82 Å². The van der Waals surface area contributed by atoms with Gasteiger partial charge in [-0.15, -0.1) is 0 Å². The van der Waals surface area contributed by atoms with E-state index in [1.807, 2.05) is 0 Å². The molecule has 1 aromatic heterocycles. The molecule has 6 N–H and O–H groups in total. The first-order valence-electron chi connectivity index (χ1n) is 6.03. The molecule has 0 amide bonds. The molecule has 1 aliphatic rings. The van der Waals surface area contributed by atoms with E-state index in [1.165, 1.54) is 5.06 Å². The van der Waals surface area contributed by atoms with E-state index in [9.17, 15) is 9.36 Å². The summed E-state index contributed by atoms with van der Waals surface area (Å²) in [4.78, 5) is 40.5. The molecule has 11 nitrogen and oxygen atoms in total. The van der Waals surface area contributed by atoms with Gasteiger partial charge in [-0.2, -0.15) is 4.98 Å². The highest BCUT2D eigenvalue weighted by molar-refractivity contribution is 7.51. The molecule has 21 heavy (non-hydrogen) atoms. The number of hydrogen-bond acceptors (Lipinski definition) is 8.